The van der Waals surface area contributed by atoms with Crippen LogP contribution >= 0.6 is 0 Å². The SMILES string of the molecule is CC1=C(c2cccc(O)c2)[C@H](c2ccc(OCCN3CC(CF)C3)cc2)Oc2ccc(O)c(F)c21. The van der Waals surface area contributed by atoms with Gasteiger partial charge in [-0.15, -0.1) is 0 Å². The Hall–Kier alpha value is -3.58. The number of halogens is 2. The van der Waals surface area contributed by atoms with Crippen molar-refractivity contribution >= 4 is 11.1 Å². The minimum Gasteiger partial charge on any atom is -0.508 e. The predicted molar refractivity (Wildman–Crippen MR) is 130 cm³/mol. The molecule has 2 aliphatic rings. The number of hydrogen-bond donors (Lipinski definition) is 2. The minimum absolute atomic E-state index is 0.0903. The van der Waals surface area contributed by atoms with Crippen molar-refractivity contribution in [2.45, 2.75) is 13.0 Å². The van der Waals surface area contributed by atoms with E-state index in [1.807, 2.05) is 30.3 Å². The summed E-state index contributed by atoms with van der Waals surface area (Å²) >= 11 is 0. The van der Waals surface area contributed by atoms with Crippen LogP contribution in [0.2, 0.25) is 0 Å². The second kappa shape index (κ2) is 9.58. The van der Waals surface area contributed by atoms with Gasteiger partial charge in [0.1, 0.15) is 30.0 Å². The number of rotatable bonds is 7. The van der Waals surface area contributed by atoms with Gasteiger partial charge >= 0.3 is 0 Å². The third-order valence-corrected chi connectivity index (χ3v) is 6.64. The Morgan fingerprint density at radius 3 is 2.54 bits per heavy atom. The van der Waals surface area contributed by atoms with E-state index in [2.05, 4.69) is 4.90 Å². The highest BCUT2D eigenvalue weighted by Crippen LogP contribution is 2.49. The van der Waals surface area contributed by atoms with Gasteiger partial charge in [0.15, 0.2) is 11.6 Å². The van der Waals surface area contributed by atoms with Crippen LogP contribution in [-0.4, -0.2) is 48.0 Å². The maximum atomic E-state index is 14.9. The van der Waals surface area contributed by atoms with Gasteiger partial charge in [-0.25, -0.2) is 4.39 Å². The lowest BCUT2D eigenvalue weighted by atomic mass is 9.86. The van der Waals surface area contributed by atoms with E-state index in [-0.39, 0.29) is 23.9 Å². The Labute approximate surface area is 202 Å². The summed E-state index contributed by atoms with van der Waals surface area (Å²) in [5, 5.41) is 20.0. The molecule has 0 saturated carbocycles. The summed E-state index contributed by atoms with van der Waals surface area (Å²) in [5.41, 5.74) is 3.06. The zero-order chi connectivity index (χ0) is 24.5. The molecule has 7 heteroatoms. The quantitative estimate of drug-likeness (QED) is 0.463. The van der Waals surface area contributed by atoms with Crippen LogP contribution in [0.15, 0.2) is 60.7 Å². The minimum atomic E-state index is -0.736. The third kappa shape index (κ3) is 4.56. The molecule has 0 amide bonds. The molecule has 2 N–H and O–H groups in total. The second-order valence-corrected chi connectivity index (χ2v) is 9.06. The molecule has 0 spiro atoms. The van der Waals surface area contributed by atoms with E-state index in [4.69, 9.17) is 9.47 Å². The molecule has 1 saturated heterocycles. The molecule has 0 unspecified atom stereocenters. The number of ether oxygens (including phenoxy) is 2. The average molecular weight is 480 g/mol. The molecule has 2 heterocycles. The standard InChI is InChI=1S/C28H27F2NO4/c1-17-25(20-3-2-4-21(32)13-20)28(35-24-10-9-23(33)27(30)26(17)24)19-5-7-22(8-6-19)34-12-11-31-15-18(14-29)16-31/h2-10,13,18,28,32-33H,11-12,14-16H2,1H3/t28-/m0/s1. The Morgan fingerprint density at radius 2 is 1.83 bits per heavy atom. The van der Waals surface area contributed by atoms with Crippen molar-refractivity contribution in [2.75, 3.05) is 32.9 Å². The molecular formula is C28H27F2NO4. The Kier molecular flexibility index (Phi) is 6.34. The predicted octanol–water partition coefficient (Wildman–Crippen LogP) is 5.58. The molecule has 3 aromatic carbocycles. The number of alkyl halides is 1. The van der Waals surface area contributed by atoms with Crippen molar-refractivity contribution in [3.05, 3.63) is 83.2 Å². The first-order valence-electron chi connectivity index (χ1n) is 11.6. The third-order valence-electron chi connectivity index (χ3n) is 6.64. The van der Waals surface area contributed by atoms with Gasteiger partial charge in [0, 0.05) is 31.1 Å². The number of benzene rings is 3. The highest BCUT2D eigenvalue weighted by atomic mass is 19.1. The summed E-state index contributed by atoms with van der Waals surface area (Å²) in [7, 11) is 0. The van der Waals surface area contributed by atoms with Crippen molar-refractivity contribution in [3.8, 4) is 23.0 Å². The highest BCUT2D eigenvalue weighted by Gasteiger charge is 2.32. The van der Waals surface area contributed by atoms with E-state index in [0.29, 0.717) is 34.8 Å². The lowest BCUT2D eigenvalue weighted by molar-refractivity contribution is 0.0668. The summed E-state index contributed by atoms with van der Waals surface area (Å²) < 4.78 is 39.6. The van der Waals surface area contributed by atoms with Crippen LogP contribution in [0.3, 0.4) is 0 Å². The number of phenolic OH excluding ortho intramolecular Hbond substituents is 2. The summed E-state index contributed by atoms with van der Waals surface area (Å²) in [6.45, 7) is 4.35. The first-order valence-corrected chi connectivity index (χ1v) is 11.6. The largest absolute Gasteiger partial charge is 0.508 e. The molecule has 1 atom stereocenters. The smallest absolute Gasteiger partial charge is 0.176 e. The Balaban J connectivity index is 1.41. The van der Waals surface area contributed by atoms with E-state index < -0.39 is 17.7 Å². The van der Waals surface area contributed by atoms with Crippen molar-refractivity contribution in [2.24, 2.45) is 5.92 Å². The maximum absolute atomic E-state index is 14.9. The molecule has 0 aliphatic carbocycles. The first kappa shape index (κ1) is 23.2. The van der Waals surface area contributed by atoms with Gasteiger partial charge in [-0.2, -0.15) is 0 Å². The molecule has 5 rings (SSSR count). The van der Waals surface area contributed by atoms with E-state index in [1.165, 1.54) is 6.07 Å². The van der Waals surface area contributed by atoms with Crippen LogP contribution in [0.4, 0.5) is 8.78 Å². The summed E-state index contributed by atoms with van der Waals surface area (Å²) in [6.07, 6.45) is -0.555. The molecule has 35 heavy (non-hydrogen) atoms. The normalized spacial score (nSPS) is 18.1. The van der Waals surface area contributed by atoms with Crippen LogP contribution in [0.25, 0.3) is 11.1 Å². The van der Waals surface area contributed by atoms with Crippen LogP contribution in [0, 0.1) is 11.7 Å². The maximum Gasteiger partial charge on any atom is 0.176 e. The summed E-state index contributed by atoms with van der Waals surface area (Å²) in [6, 6.07) is 17.1. The fraction of sp³-hybridized carbons (Fsp3) is 0.286. The van der Waals surface area contributed by atoms with Gasteiger partial charge in [0.05, 0.1) is 12.2 Å². The average Bonchev–Trinajstić information content (AvgIpc) is 2.83. The van der Waals surface area contributed by atoms with Gasteiger partial charge in [-0.05, 0) is 60.0 Å². The number of nitrogens with zero attached hydrogens (tertiary/aromatic N) is 1. The summed E-state index contributed by atoms with van der Waals surface area (Å²) in [5.74, 6) is 0.119. The molecule has 1 fully saturated rings. The number of likely N-dealkylation sites (tertiary alicyclic amines) is 1. The second-order valence-electron chi connectivity index (χ2n) is 9.06. The molecular weight excluding hydrogens is 452 g/mol. The molecule has 3 aromatic rings. The van der Waals surface area contributed by atoms with Gasteiger partial charge in [0.2, 0.25) is 0 Å². The van der Waals surface area contributed by atoms with E-state index in [9.17, 15) is 19.0 Å². The molecule has 2 aliphatic heterocycles. The number of fused-ring (bicyclic) bond motifs is 1. The fourth-order valence-corrected chi connectivity index (χ4v) is 4.78. The van der Waals surface area contributed by atoms with Crippen molar-refractivity contribution in [1.29, 1.82) is 0 Å². The Bertz CT molecular complexity index is 1250. The van der Waals surface area contributed by atoms with Gasteiger partial charge in [0.25, 0.3) is 0 Å². The van der Waals surface area contributed by atoms with Crippen LogP contribution in [0.5, 0.6) is 23.0 Å². The zero-order valence-corrected chi connectivity index (χ0v) is 19.4. The van der Waals surface area contributed by atoms with Crippen LogP contribution in [0.1, 0.15) is 29.7 Å². The Morgan fingerprint density at radius 1 is 1.06 bits per heavy atom. The van der Waals surface area contributed by atoms with Crippen LogP contribution < -0.4 is 9.47 Å². The number of hydrogen-bond acceptors (Lipinski definition) is 5. The van der Waals surface area contributed by atoms with Crippen molar-refractivity contribution in [3.63, 3.8) is 0 Å². The summed E-state index contributed by atoms with van der Waals surface area (Å²) in [4.78, 5) is 2.16. The number of aromatic hydroxyl groups is 2. The fourth-order valence-electron chi connectivity index (χ4n) is 4.78. The monoisotopic (exact) mass is 479 g/mol. The highest BCUT2D eigenvalue weighted by molar-refractivity contribution is 5.96. The first-order chi connectivity index (χ1) is 16.9. The molecule has 0 bridgehead atoms. The zero-order valence-electron chi connectivity index (χ0n) is 19.4. The molecule has 0 aromatic heterocycles. The van der Waals surface area contributed by atoms with Crippen molar-refractivity contribution < 1.29 is 28.5 Å². The number of phenols is 2. The van der Waals surface area contributed by atoms with E-state index >= 15 is 0 Å². The van der Waals surface area contributed by atoms with Crippen LogP contribution in [-0.2, 0) is 0 Å². The van der Waals surface area contributed by atoms with Crippen molar-refractivity contribution in [1.82, 2.24) is 4.90 Å². The van der Waals surface area contributed by atoms with E-state index in [1.54, 1.807) is 31.2 Å². The molecule has 5 nitrogen and oxygen atoms in total. The van der Waals surface area contributed by atoms with Gasteiger partial charge in [-0.1, -0.05) is 24.3 Å². The van der Waals surface area contributed by atoms with Gasteiger partial charge < -0.3 is 19.7 Å². The molecule has 0 radical (unpaired) electrons. The van der Waals surface area contributed by atoms with E-state index in [0.717, 1.165) is 25.2 Å². The molecule has 182 valence electrons. The topological polar surface area (TPSA) is 62.2 Å². The lowest BCUT2D eigenvalue weighted by Crippen LogP contribution is -2.49. The van der Waals surface area contributed by atoms with Gasteiger partial charge in [-0.3, -0.25) is 9.29 Å². The number of allylic oxidation sites excluding steroid dienone is 1. The lowest BCUT2D eigenvalue weighted by Gasteiger charge is -2.37.